The third-order valence-corrected chi connectivity index (χ3v) is 5.31. The van der Waals surface area contributed by atoms with Crippen LogP contribution in [-0.4, -0.2) is 29.8 Å². The second-order valence-corrected chi connectivity index (χ2v) is 7.74. The van der Waals surface area contributed by atoms with Gasteiger partial charge in [-0.1, -0.05) is 84.0 Å². The lowest BCUT2D eigenvalue weighted by atomic mass is 10.1. The number of carbonyl (C=O) groups is 1. The first kappa shape index (κ1) is 24.8. The molecule has 0 radical (unpaired) electrons. The minimum absolute atomic E-state index is 0.333. The smallest absolute Gasteiger partial charge is 0.222 e. The van der Waals surface area contributed by atoms with Gasteiger partial charge < -0.3 is 4.90 Å². The molecule has 150 valence electrons. The molecule has 0 aliphatic heterocycles. The molecule has 0 N–H and O–H groups in total. The average molecular weight is 374 g/mol. The predicted molar refractivity (Wildman–Crippen MR) is 113 cm³/mol. The van der Waals surface area contributed by atoms with E-state index in [1.165, 1.54) is 70.6 Å². The molecule has 0 atom stereocenters. The van der Waals surface area contributed by atoms with E-state index in [1.807, 2.05) is 4.90 Å². The number of nitrogens with zero attached hydrogens (tertiary/aromatic N) is 1. The molecule has 0 heterocycles. The summed E-state index contributed by atoms with van der Waals surface area (Å²) < 4.78 is 0. The number of carbonyl (C=O) groups excluding carboxylic acids is 1. The van der Waals surface area contributed by atoms with Gasteiger partial charge in [-0.25, -0.2) is 0 Å². The number of hydrogen-bond donors (Lipinski definition) is 0. The van der Waals surface area contributed by atoms with Gasteiger partial charge >= 0.3 is 0 Å². The Kier molecular flexibility index (Phi) is 19.9. The number of alkyl halides is 1. The summed E-state index contributed by atoms with van der Waals surface area (Å²) in [5, 5.41) is 0. The van der Waals surface area contributed by atoms with E-state index in [0.717, 1.165) is 38.8 Å². The predicted octanol–water partition coefficient (Wildman–Crippen LogP) is 7.34. The van der Waals surface area contributed by atoms with E-state index in [1.54, 1.807) is 0 Å². The molecule has 0 aliphatic carbocycles. The molecule has 0 aliphatic rings. The molecule has 0 rings (SSSR count). The van der Waals surface area contributed by atoms with Gasteiger partial charge in [-0.05, 0) is 26.2 Å². The molecule has 3 heteroatoms. The SMILES string of the molecule is CCCCCCCCCCCCCCN(CC)C(=O)CCCCCCl. The van der Waals surface area contributed by atoms with Crippen molar-refractivity contribution >= 4 is 17.5 Å². The monoisotopic (exact) mass is 373 g/mol. The summed E-state index contributed by atoms with van der Waals surface area (Å²) in [6.45, 7) is 6.17. The summed E-state index contributed by atoms with van der Waals surface area (Å²) in [6.07, 6.45) is 20.2. The quantitative estimate of drug-likeness (QED) is 0.171. The van der Waals surface area contributed by atoms with Crippen LogP contribution in [0.2, 0.25) is 0 Å². The van der Waals surface area contributed by atoms with Crippen molar-refractivity contribution in [2.75, 3.05) is 19.0 Å². The van der Waals surface area contributed by atoms with Crippen LogP contribution >= 0.6 is 11.6 Å². The van der Waals surface area contributed by atoms with Gasteiger partial charge in [-0.15, -0.1) is 11.6 Å². The molecule has 0 bridgehead atoms. The van der Waals surface area contributed by atoms with Crippen LogP contribution in [0.5, 0.6) is 0 Å². The van der Waals surface area contributed by atoms with Crippen LogP contribution in [0.1, 0.15) is 117 Å². The Hall–Kier alpha value is -0.240. The van der Waals surface area contributed by atoms with Gasteiger partial charge in [0, 0.05) is 25.4 Å². The van der Waals surface area contributed by atoms with E-state index >= 15 is 0 Å². The van der Waals surface area contributed by atoms with Crippen molar-refractivity contribution in [1.29, 1.82) is 0 Å². The van der Waals surface area contributed by atoms with Gasteiger partial charge in [0.05, 0.1) is 0 Å². The standard InChI is InChI=1S/C22H44ClNO/c1-3-5-6-7-8-9-10-11-12-13-14-18-21-24(4-2)22(25)19-16-15-17-20-23/h3-21H2,1-2H3. The van der Waals surface area contributed by atoms with Crippen LogP contribution in [0.15, 0.2) is 0 Å². The van der Waals surface area contributed by atoms with Crippen LogP contribution in [0.4, 0.5) is 0 Å². The molecule has 25 heavy (non-hydrogen) atoms. The maximum absolute atomic E-state index is 12.2. The third kappa shape index (κ3) is 17.0. The highest BCUT2D eigenvalue weighted by atomic mass is 35.5. The molecular formula is C22H44ClNO. The normalized spacial score (nSPS) is 11.0. The lowest BCUT2D eigenvalue weighted by Crippen LogP contribution is -2.31. The first-order valence-electron chi connectivity index (χ1n) is 11.1. The van der Waals surface area contributed by atoms with Gasteiger partial charge in [0.25, 0.3) is 0 Å². The van der Waals surface area contributed by atoms with Gasteiger partial charge in [0.1, 0.15) is 0 Å². The summed E-state index contributed by atoms with van der Waals surface area (Å²) >= 11 is 5.68. The molecule has 0 aromatic carbocycles. The van der Waals surface area contributed by atoms with Gasteiger partial charge in [0.15, 0.2) is 0 Å². The summed E-state index contributed by atoms with van der Waals surface area (Å²) in [6, 6.07) is 0. The highest BCUT2D eigenvalue weighted by Crippen LogP contribution is 2.12. The van der Waals surface area contributed by atoms with E-state index in [2.05, 4.69) is 13.8 Å². The minimum atomic E-state index is 0.333. The van der Waals surface area contributed by atoms with Crippen LogP contribution in [0.25, 0.3) is 0 Å². The van der Waals surface area contributed by atoms with E-state index in [9.17, 15) is 4.79 Å². The van der Waals surface area contributed by atoms with Crippen LogP contribution in [0, 0.1) is 0 Å². The molecule has 0 aromatic heterocycles. The van der Waals surface area contributed by atoms with E-state index in [4.69, 9.17) is 11.6 Å². The largest absolute Gasteiger partial charge is 0.343 e. The highest BCUT2D eigenvalue weighted by Gasteiger charge is 2.10. The molecule has 0 aromatic rings. The van der Waals surface area contributed by atoms with Crippen molar-refractivity contribution in [3.05, 3.63) is 0 Å². The minimum Gasteiger partial charge on any atom is -0.343 e. The maximum atomic E-state index is 12.2. The van der Waals surface area contributed by atoms with Crippen molar-refractivity contribution in [3.63, 3.8) is 0 Å². The summed E-state index contributed by atoms with van der Waals surface area (Å²) in [7, 11) is 0. The molecule has 0 unspecified atom stereocenters. The van der Waals surface area contributed by atoms with Crippen molar-refractivity contribution in [3.8, 4) is 0 Å². The fraction of sp³-hybridized carbons (Fsp3) is 0.955. The molecule has 0 saturated carbocycles. The number of amides is 1. The summed E-state index contributed by atoms with van der Waals surface area (Å²) in [5.74, 6) is 1.05. The first-order valence-corrected chi connectivity index (χ1v) is 11.6. The molecular weight excluding hydrogens is 330 g/mol. The number of halogens is 1. The Labute approximate surface area is 163 Å². The number of unbranched alkanes of at least 4 members (excludes halogenated alkanes) is 13. The zero-order valence-electron chi connectivity index (χ0n) is 17.2. The summed E-state index contributed by atoms with van der Waals surface area (Å²) in [5.41, 5.74) is 0. The van der Waals surface area contributed by atoms with E-state index in [-0.39, 0.29) is 0 Å². The fourth-order valence-corrected chi connectivity index (χ4v) is 3.50. The number of rotatable bonds is 19. The molecule has 0 saturated heterocycles. The lowest BCUT2D eigenvalue weighted by Gasteiger charge is -2.20. The van der Waals surface area contributed by atoms with Crippen molar-refractivity contribution in [1.82, 2.24) is 4.90 Å². The van der Waals surface area contributed by atoms with Crippen molar-refractivity contribution in [2.45, 2.75) is 117 Å². The Morgan fingerprint density at radius 1 is 0.680 bits per heavy atom. The number of hydrogen-bond acceptors (Lipinski definition) is 1. The van der Waals surface area contributed by atoms with Crippen LogP contribution in [0.3, 0.4) is 0 Å². The first-order chi connectivity index (χ1) is 12.3. The molecule has 0 fully saturated rings. The van der Waals surface area contributed by atoms with Crippen LogP contribution in [-0.2, 0) is 4.79 Å². The van der Waals surface area contributed by atoms with E-state index < -0.39 is 0 Å². The topological polar surface area (TPSA) is 20.3 Å². The average Bonchev–Trinajstić information content (AvgIpc) is 2.62. The Balaban J connectivity index is 3.42. The van der Waals surface area contributed by atoms with Crippen LogP contribution < -0.4 is 0 Å². The third-order valence-electron chi connectivity index (χ3n) is 5.04. The van der Waals surface area contributed by atoms with Crippen molar-refractivity contribution < 1.29 is 4.79 Å². The Morgan fingerprint density at radius 2 is 1.16 bits per heavy atom. The molecule has 1 amide bonds. The summed E-state index contributed by atoms with van der Waals surface area (Å²) in [4.78, 5) is 14.2. The maximum Gasteiger partial charge on any atom is 0.222 e. The Morgan fingerprint density at radius 3 is 1.64 bits per heavy atom. The highest BCUT2D eigenvalue weighted by molar-refractivity contribution is 6.17. The molecule has 0 spiro atoms. The second-order valence-electron chi connectivity index (χ2n) is 7.36. The van der Waals surface area contributed by atoms with E-state index in [0.29, 0.717) is 18.2 Å². The Bertz CT molecular complexity index is 283. The fourth-order valence-electron chi connectivity index (χ4n) is 3.31. The van der Waals surface area contributed by atoms with Gasteiger partial charge in [-0.2, -0.15) is 0 Å². The second kappa shape index (κ2) is 20.1. The lowest BCUT2D eigenvalue weighted by molar-refractivity contribution is -0.131. The molecule has 2 nitrogen and oxygen atoms in total. The van der Waals surface area contributed by atoms with Gasteiger partial charge in [-0.3, -0.25) is 4.79 Å². The zero-order chi connectivity index (χ0) is 18.6. The van der Waals surface area contributed by atoms with Crippen molar-refractivity contribution in [2.24, 2.45) is 0 Å². The zero-order valence-corrected chi connectivity index (χ0v) is 17.9. The van der Waals surface area contributed by atoms with Gasteiger partial charge in [0.2, 0.25) is 5.91 Å².